The fourth-order valence-electron chi connectivity index (χ4n) is 4.40. The normalized spacial score (nSPS) is 31.3. The first kappa shape index (κ1) is 24.8. The zero-order chi connectivity index (χ0) is 19.0. The second-order valence-corrected chi connectivity index (χ2v) is 9.51. The Labute approximate surface area is 187 Å². The van der Waals surface area contributed by atoms with Gasteiger partial charge in [0, 0.05) is 53.2 Å². The molecular formula is C20H31Cl2F2N3OS. The summed E-state index contributed by atoms with van der Waals surface area (Å²) in [6.07, 6.45) is 6.10. The van der Waals surface area contributed by atoms with Gasteiger partial charge in [-0.2, -0.15) is 0 Å². The van der Waals surface area contributed by atoms with Crippen molar-refractivity contribution in [3.05, 3.63) is 21.9 Å². The SMILES string of the molecule is Cl.Cl.NC1CCC(N[C@@H]2C[C@H]2c2cc(C(=O)NC3CCC(F)(F)CC3)cs2)CC1. The number of amides is 1. The Morgan fingerprint density at radius 1 is 1.07 bits per heavy atom. The Bertz CT molecular complexity index is 672. The summed E-state index contributed by atoms with van der Waals surface area (Å²) >= 11 is 1.64. The lowest BCUT2D eigenvalue weighted by Crippen LogP contribution is -2.40. The third kappa shape index (κ3) is 6.50. The number of nitrogens with one attached hydrogen (secondary N) is 2. The molecule has 4 rings (SSSR count). The molecule has 3 saturated carbocycles. The van der Waals surface area contributed by atoms with Crippen molar-refractivity contribution in [2.75, 3.05) is 0 Å². The summed E-state index contributed by atoms with van der Waals surface area (Å²) < 4.78 is 26.5. The topological polar surface area (TPSA) is 67.1 Å². The van der Waals surface area contributed by atoms with E-state index in [4.69, 9.17) is 5.73 Å². The van der Waals surface area contributed by atoms with Crippen molar-refractivity contribution in [1.29, 1.82) is 0 Å². The Balaban J connectivity index is 0.00000150. The van der Waals surface area contributed by atoms with Crippen molar-refractivity contribution in [1.82, 2.24) is 10.6 Å². The van der Waals surface area contributed by atoms with Gasteiger partial charge >= 0.3 is 0 Å². The van der Waals surface area contributed by atoms with Gasteiger partial charge in [0.15, 0.2) is 0 Å². The number of nitrogens with two attached hydrogens (primary N) is 1. The van der Waals surface area contributed by atoms with Gasteiger partial charge in [0.2, 0.25) is 5.92 Å². The fraction of sp³-hybridized carbons (Fsp3) is 0.750. The molecule has 2 atom stereocenters. The molecule has 4 nitrogen and oxygen atoms in total. The van der Waals surface area contributed by atoms with Crippen LogP contribution < -0.4 is 16.4 Å². The molecule has 3 aliphatic carbocycles. The van der Waals surface area contributed by atoms with Crippen molar-refractivity contribution < 1.29 is 13.6 Å². The minimum Gasteiger partial charge on any atom is -0.349 e. The minimum absolute atomic E-state index is 0. The first-order valence-electron chi connectivity index (χ1n) is 10.2. The van der Waals surface area contributed by atoms with Crippen LogP contribution in [-0.2, 0) is 0 Å². The van der Waals surface area contributed by atoms with E-state index in [2.05, 4.69) is 10.6 Å². The molecule has 1 amide bonds. The van der Waals surface area contributed by atoms with Gasteiger partial charge in [-0.25, -0.2) is 8.78 Å². The van der Waals surface area contributed by atoms with E-state index >= 15 is 0 Å². The van der Waals surface area contributed by atoms with Gasteiger partial charge in [-0.1, -0.05) is 0 Å². The average molecular weight is 470 g/mol. The third-order valence-electron chi connectivity index (χ3n) is 6.31. The first-order chi connectivity index (χ1) is 12.9. The maximum atomic E-state index is 13.2. The van der Waals surface area contributed by atoms with Crippen LogP contribution in [0.3, 0.4) is 0 Å². The van der Waals surface area contributed by atoms with Crippen molar-refractivity contribution in [2.24, 2.45) is 5.73 Å². The summed E-state index contributed by atoms with van der Waals surface area (Å²) in [5, 5.41) is 8.59. The highest BCUT2D eigenvalue weighted by Gasteiger charge is 2.41. The predicted molar refractivity (Wildman–Crippen MR) is 118 cm³/mol. The molecule has 29 heavy (non-hydrogen) atoms. The van der Waals surface area contributed by atoms with Gasteiger partial charge in [0.05, 0.1) is 5.56 Å². The molecule has 1 heterocycles. The lowest BCUT2D eigenvalue weighted by atomic mass is 9.92. The lowest BCUT2D eigenvalue weighted by Gasteiger charge is -2.28. The second-order valence-electron chi connectivity index (χ2n) is 8.57. The monoisotopic (exact) mass is 469 g/mol. The number of carbonyl (C=O) groups excluding carboxylic acids is 1. The van der Waals surface area contributed by atoms with E-state index in [-0.39, 0.29) is 49.6 Å². The highest BCUT2D eigenvalue weighted by Crippen LogP contribution is 2.44. The molecular weight excluding hydrogens is 439 g/mol. The summed E-state index contributed by atoms with van der Waals surface area (Å²) in [5.41, 5.74) is 6.64. The molecule has 1 aromatic heterocycles. The summed E-state index contributed by atoms with van der Waals surface area (Å²) in [5.74, 6) is -2.19. The molecule has 0 radical (unpaired) electrons. The van der Waals surface area contributed by atoms with Crippen LogP contribution in [0.25, 0.3) is 0 Å². The Morgan fingerprint density at radius 3 is 2.38 bits per heavy atom. The summed E-state index contributed by atoms with van der Waals surface area (Å²) in [6, 6.07) is 3.31. The van der Waals surface area contributed by atoms with Gasteiger partial charge in [0.25, 0.3) is 5.91 Å². The van der Waals surface area contributed by atoms with Crippen LogP contribution in [-0.4, -0.2) is 36.0 Å². The van der Waals surface area contributed by atoms with Crippen LogP contribution in [0.1, 0.15) is 78.9 Å². The lowest BCUT2D eigenvalue weighted by molar-refractivity contribution is -0.0399. The Kier molecular flexibility index (Phi) is 8.74. The van der Waals surface area contributed by atoms with Crippen molar-refractivity contribution >= 4 is 42.1 Å². The molecule has 0 aromatic carbocycles. The van der Waals surface area contributed by atoms with Crippen molar-refractivity contribution in [2.45, 2.75) is 93.8 Å². The van der Waals surface area contributed by atoms with Gasteiger partial charge < -0.3 is 16.4 Å². The Hall–Kier alpha value is -0.470. The molecule has 0 unspecified atom stereocenters. The van der Waals surface area contributed by atoms with E-state index in [1.807, 2.05) is 11.4 Å². The van der Waals surface area contributed by atoms with Crippen LogP contribution >= 0.6 is 36.2 Å². The summed E-state index contributed by atoms with van der Waals surface area (Å²) in [7, 11) is 0. The molecule has 4 N–H and O–H groups in total. The predicted octanol–water partition coefficient (Wildman–Crippen LogP) is 4.61. The number of halogens is 4. The molecule has 3 aliphatic rings. The quantitative estimate of drug-likeness (QED) is 0.589. The van der Waals surface area contributed by atoms with Gasteiger partial charge in [-0.05, 0) is 51.0 Å². The summed E-state index contributed by atoms with van der Waals surface area (Å²) in [4.78, 5) is 13.7. The number of hydrogen-bond acceptors (Lipinski definition) is 4. The molecule has 3 fully saturated rings. The zero-order valence-corrected chi connectivity index (χ0v) is 18.8. The number of carbonyl (C=O) groups is 1. The molecule has 166 valence electrons. The van der Waals surface area contributed by atoms with E-state index < -0.39 is 5.92 Å². The average Bonchev–Trinajstić information content (AvgIpc) is 3.21. The number of hydrogen-bond donors (Lipinski definition) is 3. The highest BCUT2D eigenvalue weighted by molar-refractivity contribution is 7.10. The van der Waals surface area contributed by atoms with E-state index in [0.717, 1.165) is 32.1 Å². The molecule has 0 aliphatic heterocycles. The van der Waals surface area contributed by atoms with Crippen LogP contribution in [0.4, 0.5) is 8.78 Å². The van der Waals surface area contributed by atoms with Gasteiger partial charge in [0.1, 0.15) is 0 Å². The van der Waals surface area contributed by atoms with Crippen LogP contribution in [0, 0.1) is 0 Å². The standard InChI is InChI=1S/C20H29F2N3OS.2ClH/c21-20(22)7-5-15(6-8-20)25-19(26)12-9-18(27-11-12)16-10-17(16)24-14-3-1-13(23)2-4-14;;/h9,11,13-17,24H,1-8,10,23H2,(H,25,26);2*1H/t13?,14?,16-,17-;;/m1../s1. The van der Waals surface area contributed by atoms with Crippen LogP contribution in [0.2, 0.25) is 0 Å². The fourth-order valence-corrected chi connectivity index (χ4v) is 5.47. The maximum Gasteiger partial charge on any atom is 0.252 e. The first-order valence-corrected chi connectivity index (χ1v) is 11.1. The van der Waals surface area contributed by atoms with Crippen molar-refractivity contribution in [3.63, 3.8) is 0 Å². The molecule has 1 aromatic rings. The smallest absolute Gasteiger partial charge is 0.252 e. The molecule has 0 bridgehead atoms. The van der Waals surface area contributed by atoms with E-state index in [1.165, 1.54) is 4.88 Å². The molecule has 0 spiro atoms. The van der Waals surface area contributed by atoms with Crippen molar-refractivity contribution in [3.8, 4) is 0 Å². The molecule has 0 saturated heterocycles. The maximum absolute atomic E-state index is 13.2. The third-order valence-corrected chi connectivity index (χ3v) is 7.38. The number of thiophene rings is 1. The molecule has 9 heteroatoms. The van der Waals surface area contributed by atoms with Gasteiger partial charge in [-0.3, -0.25) is 4.79 Å². The van der Waals surface area contributed by atoms with Gasteiger partial charge in [-0.15, -0.1) is 36.2 Å². The number of rotatable bonds is 5. The number of alkyl halides is 2. The summed E-state index contributed by atoms with van der Waals surface area (Å²) in [6.45, 7) is 0. The zero-order valence-electron chi connectivity index (χ0n) is 16.4. The van der Waals surface area contributed by atoms with Crippen LogP contribution in [0.15, 0.2) is 11.4 Å². The minimum atomic E-state index is -2.56. The highest BCUT2D eigenvalue weighted by atomic mass is 35.5. The van der Waals surface area contributed by atoms with Crippen LogP contribution in [0.5, 0.6) is 0 Å². The Morgan fingerprint density at radius 2 is 1.72 bits per heavy atom. The van der Waals surface area contributed by atoms with E-state index in [1.54, 1.807) is 11.3 Å². The van der Waals surface area contributed by atoms with E-state index in [9.17, 15) is 13.6 Å². The van der Waals surface area contributed by atoms with E-state index in [0.29, 0.717) is 42.4 Å². The second kappa shape index (κ2) is 10.2. The largest absolute Gasteiger partial charge is 0.349 e.